The number of methoxy groups -OCH3 is 2. The van der Waals surface area contributed by atoms with E-state index >= 15 is 0 Å². The summed E-state index contributed by atoms with van der Waals surface area (Å²) in [7, 11) is 3.03. The molecule has 42 nitrogen and oxygen atoms in total. The molecule has 8 N–H and O–H groups in total. The maximum Gasteiger partial charge on any atom is 0.303 e. The van der Waals surface area contributed by atoms with Gasteiger partial charge in [-0.25, -0.2) is 29.9 Å². The van der Waals surface area contributed by atoms with Gasteiger partial charge in [-0.2, -0.15) is 20.0 Å². The van der Waals surface area contributed by atoms with Crippen molar-refractivity contribution in [1.82, 2.24) is 48.2 Å². The smallest absolute Gasteiger partial charge is 0.303 e. The number of aromatic nitrogens is 10. The molecule has 612 valence electrons. The molecule has 0 amide bonds. The average Bonchev–Trinajstić information content (AvgIpc) is 1.68. The molecule has 16 heterocycles. The first-order valence-corrected chi connectivity index (χ1v) is 35.8. The van der Waals surface area contributed by atoms with Gasteiger partial charge in [0.2, 0.25) is 11.8 Å². The lowest BCUT2D eigenvalue weighted by atomic mass is 9.95. The van der Waals surface area contributed by atoms with Gasteiger partial charge in [-0.05, 0) is 52.0 Å². The highest BCUT2D eigenvalue weighted by Gasteiger charge is 2.62. The second-order valence-corrected chi connectivity index (χ2v) is 28.2. The average molecular weight is 1610 g/mol. The molecular weight excluding hydrogens is 1530 g/mol. The second kappa shape index (κ2) is 32.2. The highest BCUT2D eigenvalue weighted by molar-refractivity contribution is 6.08. The van der Waals surface area contributed by atoms with E-state index in [0.29, 0.717) is 90.3 Å². The van der Waals surface area contributed by atoms with Crippen molar-refractivity contribution in [3.05, 3.63) is 106 Å². The molecule has 0 bridgehead atoms. The van der Waals surface area contributed by atoms with Crippen LogP contribution in [0, 0.1) is 0 Å². The van der Waals surface area contributed by atoms with Crippen molar-refractivity contribution >= 4 is 151 Å². The van der Waals surface area contributed by atoms with E-state index in [1.807, 2.05) is 6.08 Å². The van der Waals surface area contributed by atoms with Gasteiger partial charge in [-0.15, -0.1) is 0 Å². The Morgan fingerprint density at radius 1 is 0.483 bits per heavy atom. The summed E-state index contributed by atoms with van der Waals surface area (Å²) in [5.74, 6) is -0.426. The molecule has 8 aromatic rings. The van der Waals surface area contributed by atoms with Crippen molar-refractivity contribution in [3.8, 4) is 0 Å². The van der Waals surface area contributed by atoms with E-state index in [2.05, 4.69) is 60.5 Å². The zero-order valence-electron chi connectivity index (χ0n) is 64.1. The molecule has 42 heteroatoms. The Hall–Kier alpha value is -12.3. The van der Waals surface area contributed by atoms with Crippen LogP contribution in [0.2, 0.25) is 0 Å². The van der Waals surface area contributed by atoms with Crippen molar-refractivity contribution in [1.29, 1.82) is 0 Å². The summed E-state index contributed by atoms with van der Waals surface area (Å²) in [5.41, 5.74) is -4.58. The monoisotopic (exact) mass is 1610 g/mol. The van der Waals surface area contributed by atoms with E-state index in [9.17, 15) is 69.0 Å². The van der Waals surface area contributed by atoms with E-state index in [-0.39, 0.29) is 18.8 Å². The minimum absolute atomic E-state index is 0.214. The van der Waals surface area contributed by atoms with Gasteiger partial charge in [0.25, 0.3) is 11.1 Å². The molecular formula is C74H80N16O26. The van der Waals surface area contributed by atoms with Crippen LogP contribution >= 0.6 is 0 Å². The predicted molar refractivity (Wildman–Crippen MR) is 405 cm³/mol. The summed E-state index contributed by atoms with van der Waals surface area (Å²) in [6.07, 6.45) is 7.16. The normalized spacial score (nSPS) is 27.9. The largest absolute Gasteiger partial charge is 0.481 e. The molecule has 116 heavy (non-hydrogen) atoms. The van der Waals surface area contributed by atoms with E-state index in [1.165, 1.54) is 107 Å². The molecule has 4 saturated heterocycles. The number of anilines is 2. The second-order valence-electron chi connectivity index (χ2n) is 28.2. The van der Waals surface area contributed by atoms with Crippen molar-refractivity contribution in [2.24, 2.45) is 20.0 Å². The summed E-state index contributed by atoms with van der Waals surface area (Å²) in [5, 5.41) is 70.0. The molecule has 16 rings (SSSR count). The number of nitrogens with one attached hydrogen (secondary N) is 2. The van der Waals surface area contributed by atoms with Crippen LogP contribution in [-0.4, -0.2) is 251 Å². The van der Waals surface area contributed by atoms with E-state index in [0.717, 1.165) is 11.1 Å². The Bertz CT molecular complexity index is 5590. The Morgan fingerprint density at radius 2 is 0.862 bits per heavy atom. The molecule has 4 fully saturated rings. The summed E-state index contributed by atoms with van der Waals surface area (Å²) in [6, 6.07) is 5.86. The Labute approximate surface area is 655 Å². The summed E-state index contributed by atoms with van der Waals surface area (Å²) in [6.45, 7) is 12.2. The summed E-state index contributed by atoms with van der Waals surface area (Å²) >= 11 is 0. The van der Waals surface area contributed by atoms with Gasteiger partial charge in [0.15, 0.2) is 60.0 Å². The number of aliphatic hydroxyl groups is 6. The predicted octanol–water partition coefficient (Wildman–Crippen LogP) is 2.66. The van der Waals surface area contributed by atoms with Gasteiger partial charge in [0.1, 0.15) is 108 Å². The number of ether oxygens (including phenoxy) is 12. The van der Waals surface area contributed by atoms with Gasteiger partial charge in [0, 0.05) is 113 Å². The van der Waals surface area contributed by atoms with Gasteiger partial charge < -0.3 is 116 Å². The first-order valence-electron chi connectivity index (χ1n) is 35.8. The van der Waals surface area contributed by atoms with Crippen molar-refractivity contribution < 1.29 is 116 Å². The first kappa shape index (κ1) is 81.7. The molecule has 4 unspecified atom stereocenters. The number of hydrogen-bond acceptors (Lipinski definition) is 38. The molecule has 0 aliphatic carbocycles. The van der Waals surface area contributed by atoms with Crippen LogP contribution in [0.25, 0.3) is 55.8 Å². The van der Waals surface area contributed by atoms with Crippen molar-refractivity contribution in [3.63, 3.8) is 0 Å². The third-order valence-electron chi connectivity index (χ3n) is 20.0. The Balaban J connectivity index is 0.000000136. The number of rotatable bonds is 14. The molecule has 8 aromatic heterocycles. The maximum atomic E-state index is 12.1. The van der Waals surface area contributed by atoms with Crippen molar-refractivity contribution in [2.45, 2.75) is 165 Å². The lowest BCUT2D eigenvalue weighted by Gasteiger charge is -2.34. The minimum Gasteiger partial charge on any atom is -0.481 e. The first-order chi connectivity index (χ1) is 55.1. The summed E-state index contributed by atoms with van der Waals surface area (Å²) in [4.78, 5) is 137. The third kappa shape index (κ3) is 15.3. The molecule has 16 atom stereocenters. The molecule has 0 aromatic carbocycles. The van der Waals surface area contributed by atoms with Gasteiger partial charge in [-0.1, -0.05) is 0 Å². The highest BCUT2D eigenvalue weighted by Crippen LogP contribution is 2.51. The summed E-state index contributed by atoms with van der Waals surface area (Å²) < 4.78 is 73.2. The zero-order chi connectivity index (χ0) is 83.4. The lowest BCUT2D eigenvalue weighted by molar-refractivity contribution is -0.184. The van der Waals surface area contributed by atoms with E-state index in [4.69, 9.17) is 56.8 Å². The van der Waals surface area contributed by atoms with Crippen LogP contribution in [-0.2, 0) is 85.6 Å². The molecule has 0 spiro atoms. The fourth-order valence-corrected chi connectivity index (χ4v) is 14.9. The van der Waals surface area contributed by atoms with Crippen LogP contribution in [0.15, 0.2) is 103 Å². The number of aliphatic hydroxyl groups excluding tert-OH is 4. The zero-order valence-corrected chi connectivity index (χ0v) is 64.1. The van der Waals surface area contributed by atoms with E-state index in [1.54, 1.807) is 87.3 Å². The maximum absolute atomic E-state index is 12.1. The van der Waals surface area contributed by atoms with E-state index < -0.39 is 151 Å². The lowest BCUT2D eigenvalue weighted by Crippen LogP contribution is -2.50. The molecule has 0 saturated carbocycles. The number of nitrogens with zero attached hydrogens (tertiary/aromatic N) is 14. The molecule has 8 aliphatic heterocycles. The quantitative estimate of drug-likeness (QED) is 0.0573. The van der Waals surface area contributed by atoms with Crippen molar-refractivity contribution in [2.75, 3.05) is 51.3 Å². The number of esters is 6. The van der Waals surface area contributed by atoms with Crippen LogP contribution in [0.4, 0.5) is 34.9 Å². The fourth-order valence-electron chi connectivity index (χ4n) is 14.9. The molecule has 0 radical (unpaired) electrons. The number of aliphatic imine (C=N–C) groups is 4. The minimum atomic E-state index is -1.63. The number of hydrogen-bond donors (Lipinski definition) is 8. The van der Waals surface area contributed by atoms with Crippen LogP contribution in [0.3, 0.4) is 0 Å². The van der Waals surface area contributed by atoms with Gasteiger partial charge >= 0.3 is 35.8 Å². The van der Waals surface area contributed by atoms with Gasteiger partial charge in [0.05, 0.1) is 61.7 Å². The SMILES string of the molecule is CC(=O)OC[C@H]1OC(n2cc3ccc(=O)nc4c3c2N=CN4)[C@](C)(OC(C)=O)[C@@H]1OC(C)=O.COC1=Nc2ncnc3c2c(cn3C2O[C@H](CO)[C@@H](O)[C@@]2(C)O)C=C1.COC1=Nc2ncnc3c2c(cn3C2O[C@H](COC(C)=O)[C@@H](OC(C)=O)[C@@]2(C)OC(C)=O)C=C1.C[C@]1(O)C(n2cc3ccc(=O)nc4c3c2N=CN4)O[C@H](CO)[C@H]1O. The number of carbonyl (C=O) groups is 6. The Morgan fingerprint density at radius 3 is 1.23 bits per heavy atom. The van der Waals surface area contributed by atoms with Crippen LogP contribution < -0.4 is 21.8 Å². The standard InChI is InChI=1S/C22H24N4O8.C21H22N4O8.C16H18N4O5.C15H16N4O5/c1-11(27)31-9-15-18(32-12(2)28)22(4,34-13(3)29)21(33-15)26-8-14-6-7-16(30-5)25-19-17(14)20(26)24-10-23-19;1-10(26)30-8-14-17(31-11(2)27)21(4,33-12(3)28)20(32-14)25-7-13-5-6-15(29)24-18-16(13)19(25)23-9-22-18;1-16(23)12(22)9(6-21)25-15(16)20-5-8-3-4-10(24-2)19-13-11(8)14(20)18-7-17-13;1-15(23)11(22)8(5-20)24-14(15)19-4-7-2-3-9(21)18-12-10(7)13(19)17-6-16-12/h6-8,10,15,18,21H,9H2,1-5H3;5-7,9,14,17,20H,8H2,1-4H3,(H,22,23,24,29);3-5,7,9,12,15,21-23H,6H2,1-2H3;2-4,6,8,11,14,20,22-23H,5H2,1H3,(H,16,17,18,21)/t15-,18-,21?,22-;14-,17-,20?,21-;9-,12-,15?,16-;8-,11-,14?,15-/m1111/s1. The van der Waals surface area contributed by atoms with Crippen LogP contribution in [0.5, 0.6) is 0 Å². The Kier molecular flexibility index (Phi) is 22.7. The van der Waals surface area contributed by atoms with Gasteiger partial charge in [-0.3, -0.25) is 38.4 Å². The number of carbonyl (C=O) groups excluding carboxylic acids is 6. The fraction of sp³-hybridized carbons (Fsp3) is 0.432. The molecule has 8 aliphatic rings. The third-order valence-corrected chi connectivity index (χ3v) is 20.0. The topological polar surface area (TPSA) is 539 Å². The van der Waals surface area contributed by atoms with Crippen LogP contribution in [0.1, 0.15) is 105 Å². The highest BCUT2D eigenvalue weighted by atomic mass is 16.7.